The van der Waals surface area contributed by atoms with Gasteiger partial charge in [0, 0.05) is 5.56 Å². The monoisotopic (exact) mass is 426 g/mol. The maximum absolute atomic E-state index is 13.0. The molecule has 8 nitrogen and oxygen atoms in total. The van der Waals surface area contributed by atoms with Crippen LogP contribution < -0.4 is 10.6 Å². The third-order valence-electron chi connectivity index (χ3n) is 3.80. The van der Waals surface area contributed by atoms with Crippen molar-refractivity contribution < 1.29 is 23.8 Å². The molecule has 0 saturated carbocycles. The van der Waals surface area contributed by atoms with Gasteiger partial charge in [0.1, 0.15) is 18.0 Å². The van der Waals surface area contributed by atoms with Crippen LogP contribution in [0.3, 0.4) is 0 Å². The van der Waals surface area contributed by atoms with Gasteiger partial charge in [-0.1, -0.05) is 30.3 Å². The van der Waals surface area contributed by atoms with E-state index in [1.54, 1.807) is 51.1 Å². The predicted octanol–water partition coefficient (Wildman–Crippen LogP) is 3.51. The van der Waals surface area contributed by atoms with E-state index < -0.39 is 24.3 Å². The van der Waals surface area contributed by atoms with Crippen LogP contribution in [-0.4, -0.2) is 41.9 Å². The summed E-state index contributed by atoms with van der Waals surface area (Å²) in [5.74, 6) is -1.57. The molecule has 0 aliphatic rings. The third-order valence-corrected chi connectivity index (χ3v) is 3.80. The highest BCUT2D eigenvalue weighted by Gasteiger charge is 2.24. The molecule has 0 unspecified atom stereocenters. The number of carbonyl (C=O) groups is 2. The van der Waals surface area contributed by atoms with Crippen LogP contribution in [0.2, 0.25) is 0 Å². The Labute approximate surface area is 179 Å². The molecule has 0 saturated heterocycles. The highest BCUT2D eigenvalue weighted by Crippen LogP contribution is 2.33. The lowest BCUT2D eigenvalue weighted by molar-refractivity contribution is 0.0561. The first-order valence-corrected chi connectivity index (χ1v) is 9.39. The fourth-order valence-corrected chi connectivity index (χ4v) is 2.65. The Morgan fingerprint density at radius 1 is 1.16 bits per heavy atom. The molecule has 0 aromatic heterocycles. The summed E-state index contributed by atoms with van der Waals surface area (Å²) in [6, 6.07) is 13.2. The number of hydrogen-bond donors (Lipinski definition) is 3. The number of nitrogens with zero attached hydrogens (tertiary/aromatic N) is 2. The zero-order valence-corrected chi connectivity index (χ0v) is 17.4. The third kappa shape index (κ3) is 6.54. The van der Waals surface area contributed by atoms with Crippen LogP contribution in [0.5, 0.6) is 5.75 Å². The Morgan fingerprint density at radius 3 is 2.42 bits per heavy atom. The summed E-state index contributed by atoms with van der Waals surface area (Å²) in [7, 11) is 0. The second-order valence-electron chi connectivity index (χ2n) is 7.36. The number of phenolic OH excluding ortho intramolecular Hbond substituents is 1. The lowest BCUT2D eigenvalue weighted by atomic mass is 9.93. The van der Waals surface area contributed by atoms with Gasteiger partial charge in [-0.15, -0.1) is 0 Å². The fourth-order valence-electron chi connectivity index (χ4n) is 2.65. The number of ether oxygens (including phenoxy) is 1. The number of nitriles is 1. The van der Waals surface area contributed by atoms with Gasteiger partial charge in [-0.05, 0) is 38.5 Å². The van der Waals surface area contributed by atoms with Crippen molar-refractivity contribution in [2.75, 3.05) is 13.2 Å². The molecule has 0 atom stereocenters. The molecule has 2 aromatic carbocycles. The Morgan fingerprint density at radius 2 is 1.84 bits per heavy atom. The number of guanidine groups is 1. The summed E-state index contributed by atoms with van der Waals surface area (Å²) in [5.41, 5.74) is -0.0926. The molecule has 162 valence electrons. The maximum Gasteiger partial charge on any atom is 0.414 e. The highest BCUT2D eigenvalue weighted by molar-refractivity contribution is 6.13. The molecule has 2 amide bonds. The molecule has 3 N–H and O–H groups in total. The molecule has 0 fully saturated rings. The van der Waals surface area contributed by atoms with Crippen LogP contribution in [0.4, 0.5) is 9.18 Å². The summed E-state index contributed by atoms with van der Waals surface area (Å²) in [6.45, 7) is 3.82. The summed E-state index contributed by atoms with van der Waals surface area (Å²) in [4.78, 5) is 28.9. The smallest absolute Gasteiger partial charge is 0.414 e. The van der Waals surface area contributed by atoms with Crippen molar-refractivity contribution in [1.29, 1.82) is 5.26 Å². The van der Waals surface area contributed by atoms with E-state index in [9.17, 15) is 24.3 Å². The number of benzene rings is 2. The van der Waals surface area contributed by atoms with Crippen LogP contribution in [0.1, 0.15) is 36.7 Å². The normalized spacial score (nSPS) is 11.4. The number of halogens is 1. The van der Waals surface area contributed by atoms with Crippen molar-refractivity contribution in [3.05, 3.63) is 53.6 Å². The van der Waals surface area contributed by atoms with Crippen molar-refractivity contribution in [2.24, 2.45) is 4.99 Å². The minimum Gasteiger partial charge on any atom is -0.507 e. The number of rotatable bonds is 4. The number of carbonyl (C=O) groups excluding carboxylic acids is 2. The Hall–Kier alpha value is -3.93. The van der Waals surface area contributed by atoms with E-state index in [1.165, 1.54) is 12.1 Å². The molecule has 31 heavy (non-hydrogen) atoms. The van der Waals surface area contributed by atoms with E-state index >= 15 is 0 Å². The van der Waals surface area contributed by atoms with Gasteiger partial charge in [0.2, 0.25) is 5.96 Å². The number of alkyl halides is 1. The molecule has 9 heteroatoms. The highest BCUT2D eigenvalue weighted by atomic mass is 19.1. The molecule has 2 aromatic rings. The van der Waals surface area contributed by atoms with Gasteiger partial charge in [-0.25, -0.2) is 14.2 Å². The molecule has 2 rings (SSSR count). The fraction of sp³-hybridized carbons (Fsp3) is 0.273. The molecular formula is C22H23FN4O4. The van der Waals surface area contributed by atoms with Gasteiger partial charge >= 0.3 is 6.09 Å². The average molecular weight is 426 g/mol. The van der Waals surface area contributed by atoms with E-state index in [-0.39, 0.29) is 34.9 Å². The van der Waals surface area contributed by atoms with E-state index in [4.69, 9.17) is 4.74 Å². The van der Waals surface area contributed by atoms with Crippen molar-refractivity contribution in [1.82, 2.24) is 10.6 Å². The number of phenols is 1. The van der Waals surface area contributed by atoms with Gasteiger partial charge in [0.15, 0.2) is 0 Å². The van der Waals surface area contributed by atoms with E-state index in [2.05, 4.69) is 15.6 Å². The van der Waals surface area contributed by atoms with Gasteiger partial charge in [-0.3, -0.25) is 15.4 Å². The first-order valence-electron chi connectivity index (χ1n) is 9.39. The van der Waals surface area contributed by atoms with Crippen molar-refractivity contribution in [2.45, 2.75) is 26.4 Å². The number of nitrogens with one attached hydrogen (secondary N) is 2. The Balaban J connectivity index is 2.42. The predicted molar refractivity (Wildman–Crippen MR) is 113 cm³/mol. The number of alkyl carbamates (subject to hydrolysis) is 1. The summed E-state index contributed by atoms with van der Waals surface area (Å²) in [6.07, 6.45) is -0.899. The zero-order valence-electron chi connectivity index (χ0n) is 17.4. The van der Waals surface area contributed by atoms with Crippen LogP contribution in [0.15, 0.2) is 47.5 Å². The van der Waals surface area contributed by atoms with Crippen LogP contribution in [-0.2, 0) is 4.74 Å². The molecule has 0 spiro atoms. The average Bonchev–Trinajstić information content (AvgIpc) is 2.70. The number of hydrogen-bond acceptors (Lipinski definition) is 6. The molecule has 0 radical (unpaired) electrons. The first kappa shape index (κ1) is 23.3. The van der Waals surface area contributed by atoms with Crippen LogP contribution in [0.25, 0.3) is 11.1 Å². The lowest BCUT2D eigenvalue weighted by Gasteiger charge is -2.20. The summed E-state index contributed by atoms with van der Waals surface area (Å²) < 4.78 is 17.8. The molecule has 0 heterocycles. The lowest BCUT2D eigenvalue weighted by Crippen LogP contribution is -2.46. The molecule has 0 aliphatic carbocycles. The zero-order chi connectivity index (χ0) is 23.0. The number of aromatic hydroxyl groups is 1. The van der Waals surface area contributed by atoms with Gasteiger partial charge < -0.3 is 9.84 Å². The second-order valence-corrected chi connectivity index (χ2v) is 7.36. The Kier molecular flexibility index (Phi) is 7.69. The molecular weight excluding hydrogens is 403 g/mol. The number of amides is 2. The summed E-state index contributed by atoms with van der Waals surface area (Å²) in [5, 5.41) is 24.5. The van der Waals surface area contributed by atoms with Crippen LogP contribution in [0, 0.1) is 11.3 Å². The van der Waals surface area contributed by atoms with Gasteiger partial charge in [0.25, 0.3) is 5.91 Å². The van der Waals surface area contributed by atoms with E-state index in [1.807, 2.05) is 6.07 Å². The topological polar surface area (TPSA) is 124 Å². The second kappa shape index (κ2) is 10.2. The minimum absolute atomic E-state index is 0.163. The van der Waals surface area contributed by atoms with Crippen molar-refractivity contribution in [3.63, 3.8) is 0 Å². The van der Waals surface area contributed by atoms with Crippen molar-refractivity contribution in [3.8, 4) is 22.9 Å². The van der Waals surface area contributed by atoms with E-state index in [0.717, 1.165) is 0 Å². The van der Waals surface area contributed by atoms with Gasteiger partial charge in [0.05, 0.1) is 23.7 Å². The number of aliphatic imine (C=N–C) groups is 1. The molecule has 0 aliphatic heterocycles. The van der Waals surface area contributed by atoms with Gasteiger partial charge in [-0.2, -0.15) is 5.26 Å². The van der Waals surface area contributed by atoms with Crippen molar-refractivity contribution >= 4 is 18.0 Å². The quantitative estimate of drug-likeness (QED) is 0.510. The van der Waals surface area contributed by atoms with E-state index in [0.29, 0.717) is 5.56 Å². The first-order chi connectivity index (χ1) is 14.7. The molecule has 0 bridgehead atoms. The summed E-state index contributed by atoms with van der Waals surface area (Å²) >= 11 is 0. The standard InChI is InChI=1S/C22H23FN4O4/c1-22(2,3)31-21(30)27-20(25-12-11-23)26-19(29)18-16(28)10-9-15(13-24)17(18)14-7-5-4-6-8-14/h4-10,28H,11-12H2,1-3H3,(H2,25,26,27,29,30). The maximum atomic E-state index is 13.0. The Bertz CT molecular complexity index is 1020. The minimum atomic E-state index is -0.899. The SMILES string of the molecule is CC(C)(C)OC(=O)NC(=NCCF)NC(=O)c1c(O)ccc(C#N)c1-c1ccccc1. The van der Waals surface area contributed by atoms with Crippen LogP contribution >= 0.6 is 0 Å². The largest absolute Gasteiger partial charge is 0.507 e.